The molecule has 1 aliphatic rings. The molecule has 138 valence electrons. The van der Waals surface area contributed by atoms with E-state index in [0.717, 1.165) is 6.42 Å². The molecule has 0 saturated carbocycles. The maximum absolute atomic E-state index is 12.0. The van der Waals surface area contributed by atoms with Crippen molar-refractivity contribution in [2.45, 2.75) is 19.3 Å². The van der Waals surface area contributed by atoms with Gasteiger partial charge in [0.1, 0.15) is 6.61 Å². The Bertz CT molecular complexity index is 836. The van der Waals surface area contributed by atoms with Crippen molar-refractivity contribution in [3.63, 3.8) is 0 Å². The Morgan fingerprint density at radius 3 is 2.70 bits per heavy atom. The molecule has 0 N–H and O–H groups in total. The predicted molar refractivity (Wildman–Crippen MR) is 103 cm³/mol. The van der Waals surface area contributed by atoms with Gasteiger partial charge in [0.25, 0.3) is 0 Å². The maximum atomic E-state index is 12.0. The number of hydrogen-bond acceptors (Lipinski definition) is 4. The molecule has 1 heterocycles. The van der Waals surface area contributed by atoms with Crippen LogP contribution >= 0.6 is 0 Å². The second-order valence-corrected chi connectivity index (χ2v) is 7.17. The summed E-state index contributed by atoms with van der Waals surface area (Å²) in [6, 6.07) is 18.8. The number of nitriles is 1. The first kappa shape index (κ1) is 18.9. The first-order valence-electron chi connectivity index (χ1n) is 9.07. The van der Waals surface area contributed by atoms with E-state index in [-0.39, 0.29) is 23.9 Å². The number of nitrogens with zero attached hydrogens (tertiary/aromatic N) is 1. The minimum Gasteiger partial charge on any atom is -0.458 e. The van der Waals surface area contributed by atoms with Crippen molar-refractivity contribution < 1.29 is 14.3 Å². The Morgan fingerprint density at radius 1 is 1.26 bits per heavy atom. The average molecular weight is 361 g/mol. The van der Waals surface area contributed by atoms with Gasteiger partial charge in [-0.2, -0.15) is 5.26 Å². The molecule has 27 heavy (non-hydrogen) atoms. The zero-order valence-corrected chi connectivity index (χ0v) is 15.4. The Hall–Kier alpha value is -2.90. The van der Waals surface area contributed by atoms with E-state index in [1.54, 1.807) is 12.1 Å². The van der Waals surface area contributed by atoms with E-state index in [2.05, 4.69) is 19.1 Å². The molecule has 0 bridgehead atoms. The number of rotatable bonds is 5. The highest BCUT2D eigenvalue weighted by Crippen LogP contribution is 2.37. The number of esters is 1. The van der Waals surface area contributed by atoms with Gasteiger partial charge >= 0.3 is 5.97 Å². The lowest BCUT2D eigenvalue weighted by Crippen LogP contribution is -2.31. The molecule has 1 saturated heterocycles. The van der Waals surface area contributed by atoms with Gasteiger partial charge in [-0.15, -0.1) is 0 Å². The topological polar surface area (TPSA) is 59.3 Å². The van der Waals surface area contributed by atoms with Crippen LogP contribution in [0.5, 0.6) is 0 Å². The largest absolute Gasteiger partial charge is 0.458 e. The second kappa shape index (κ2) is 8.66. The molecule has 3 rings (SSSR count). The van der Waals surface area contributed by atoms with Crippen LogP contribution in [0.2, 0.25) is 0 Å². The second-order valence-electron chi connectivity index (χ2n) is 7.17. The highest BCUT2D eigenvalue weighted by Gasteiger charge is 2.31. The van der Waals surface area contributed by atoms with E-state index in [9.17, 15) is 4.79 Å². The quantitative estimate of drug-likeness (QED) is 0.582. The minimum atomic E-state index is -0.319. The van der Waals surface area contributed by atoms with Gasteiger partial charge in [0, 0.05) is 11.3 Å². The monoisotopic (exact) mass is 361 g/mol. The van der Waals surface area contributed by atoms with Crippen LogP contribution in [-0.4, -0.2) is 25.8 Å². The fourth-order valence-corrected chi connectivity index (χ4v) is 3.39. The number of hydrogen-bond donors (Lipinski definition) is 0. The van der Waals surface area contributed by atoms with Crippen LogP contribution in [0, 0.1) is 16.7 Å². The predicted octanol–water partition coefficient (Wildman–Crippen LogP) is 4.48. The normalized spacial score (nSPS) is 22.3. The molecule has 0 amide bonds. The van der Waals surface area contributed by atoms with Crippen molar-refractivity contribution in [2.75, 3.05) is 19.8 Å². The van der Waals surface area contributed by atoms with Gasteiger partial charge < -0.3 is 9.47 Å². The van der Waals surface area contributed by atoms with Crippen LogP contribution in [0.15, 0.2) is 66.7 Å². The van der Waals surface area contributed by atoms with E-state index >= 15 is 0 Å². The Balaban J connectivity index is 1.56. The molecular weight excluding hydrogens is 338 g/mol. The van der Waals surface area contributed by atoms with Crippen LogP contribution in [0.1, 0.15) is 40.7 Å². The molecule has 2 aromatic rings. The summed E-state index contributed by atoms with van der Waals surface area (Å²) in [5.74, 6) is -0.0335. The average Bonchev–Trinajstić information content (AvgIpc) is 2.72. The van der Waals surface area contributed by atoms with E-state index < -0.39 is 0 Å². The fraction of sp³-hybridized carbons (Fsp3) is 0.304. The first-order chi connectivity index (χ1) is 13.1. The summed E-state index contributed by atoms with van der Waals surface area (Å²) in [7, 11) is 0. The van der Waals surface area contributed by atoms with Crippen LogP contribution in [0.3, 0.4) is 0 Å². The fourth-order valence-electron chi connectivity index (χ4n) is 3.39. The van der Waals surface area contributed by atoms with Gasteiger partial charge in [-0.05, 0) is 36.2 Å². The van der Waals surface area contributed by atoms with Crippen molar-refractivity contribution in [1.82, 2.24) is 0 Å². The molecule has 2 unspecified atom stereocenters. The van der Waals surface area contributed by atoms with Crippen molar-refractivity contribution >= 4 is 5.97 Å². The SMILES string of the molecule is CC1(/C=C/COC(=O)c2ccccc2)COCC(c2ccc(C#N)cc2)C1. The van der Waals surface area contributed by atoms with Gasteiger partial charge in [-0.1, -0.05) is 49.4 Å². The summed E-state index contributed by atoms with van der Waals surface area (Å²) in [6.45, 7) is 3.71. The van der Waals surface area contributed by atoms with Crippen LogP contribution in [-0.2, 0) is 9.47 Å². The van der Waals surface area contributed by atoms with Crippen molar-refractivity contribution in [3.05, 3.63) is 83.4 Å². The maximum Gasteiger partial charge on any atom is 0.338 e. The highest BCUT2D eigenvalue weighted by atomic mass is 16.5. The lowest BCUT2D eigenvalue weighted by Gasteiger charge is -2.36. The summed E-state index contributed by atoms with van der Waals surface area (Å²) in [5.41, 5.74) is 2.29. The molecule has 0 aliphatic carbocycles. The number of carbonyl (C=O) groups excluding carboxylic acids is 1. The zero-order chi connectivity index (χ0) is 19.1. The van der Waals surface area contributed by atoms with Gasteiger partial charge in [0.2, 0.25) is 0 Å². The number of carbonyl (C=O) groups is 1. The van der Waals surface area contributed by atoms with Gasteiger partial charge in [-0.3, -0.25) is 0 Å². The highest BCUT2D eigenvalue weighted by molar-refractivity contribution is 5.89. The van der Waals surface area contributed by atoms with E-state index in [4.69, 9.17) is 14.7 Å². The standard InChI is InChI=1S/C23H23NO3/c1-23(12-5-13-27-22(25)20-6-3-2-4-7-20)14-21(16-26-17-23)19-10-8-18(15-24)9-11-19/h2-12,21H,13-14,16-17H2,1H3/b12-5+. The van der Waals surface area contributed by atoms with Crippen molar-refractivity contribution in [3.8, 4) is 6.07 Å². The smallest absolute Gasteiger partial charge is 0.338 e. The van der Waals surface area contributed by atoms with Gasteiger partial charge in [0.15, 0.2) is 0 Å². The molecule has 4 nitrogen and oxygen atoms in total. The number of benzene rings is 2. The first-order valence-corrected chi connectivity index (χ1v) is 9.07. The number of ether oxygens (including phenoxy) is 2. The van der Waals surface area contributed by atoms with E-state index in [1.807, 2.05) is 48.5 Å². The lowest BCUT2D eigenvalue weighted by atomic mass is 9.77. The molecule has 2 atom stereocenters. The summed E-state index contributed by atoms with van der Waals surface area (Å²) >= 11 is 0. The summed E-state index contributed by atoms with van der Waals surface area (Å²) in [4.78, 5) is 12.0. The summed E-state index contributed by atoms with van der Waals surface area (Å²) in [6.07, 6.45) is 4.93. The van der Waals surface area contributed by atoms with E-state index in [1.165, 1.54) is 5.56 Å². The molecule has 1 fully saturated rings. The summed E-state index contributed by atoms with van der Waals surface area (Å²) in [5, 5.41) is 8.93. The summed E-state index contributed by atoms with van der Waals surface area (Å²) < 4.78 is 11.1. The third-order valence-corrected chi connectivity index (χ3v) is 4.82. The third-order valence-electron chi connectivity index (χ3n) is 4.82. The Kier molecular flexibility index (Phi) is 6.05. The molecule has 0 radical (unpaired) electrons. The molecule has 0 spiro atoms. The molecular formula is C23H23NO3. The van der Waals surface area contributed by atoms with Gasteiger partial charge in [0.05, 0.1) is 30.4 Å². The Morgan fingerprint density at radius 2 is 2.00 bits per heavy atom. The van der Waals surface area contributed by atoms with Crippen molar-refractivity contribution in [1.29, 1.82) is 5.26 Å². The van der Waals surface area contributed by atoms with Crippen LogP contribution in [0.25, 0.3) is 0 Å². The zero-order valence-electron chi connectivity index (χ0n) is 15.4. The Labute approximate surface area is 160 Å². The molecule has 4 heteroatoms. The van der Waals surface area contributed by atoms with Crippen LogP contribution in [0.4, 0.5) is 0 Å². The molecule has 2 aromatic carbocycles. The molecule has 1 aliphatic heterocycles. The molecule has 0 aromatic heterocycles. The van der Waals surface area contributed by atoms with E-state index in [0.29, 0.717) is 24.3 Å². The van der Waals surface area contributed by atoms with Crippen LogP contribution < -0.4 is 0 Å². The van der Waals surface area contributed by atoms with Crippen molar-refractivity contribution in [2.24, 2.45) is 5.41 Å². The minimum absolute atomic E-state index is 0.115. The third kappa shape index (κ3) is 5.06. The lowest BCUT2D eigenvalue weighted by molar-refractivity contribution is 0.0120. The van der Waals surface area contributed by atoms with Gasteiger partial charge in [-0.25, -0.2) is 4.79 Å².